The maximum atomic E-state index is 13.9. The van der Waals surface area contributed by atoms with E-state index in [9.17, 15) is 14.7 Å². The maximum absolute atomic E-state index is 13.9. The predicted molar refractivity (Wildman–Crippen MR) is 128 cm³/mol. The van der Waals surface area contributed by atoms with Gasteiger partial charge in [0, 0.05) is 16.7 Å². The number of allylic oxidation sites excluding steroid dienone is 4. The molecule has 1 aromatic heterocycles. The van der Waals surface area contributed by atoms with Crippen molar-refractivity contribution in [2.75, 3.05) is 0 Å². The van der Waals surface area contributed by atoms with Crippen LogP contribution in [0.1, 0.15) is 52.2 Å². The third-order valence-electron chi connectivity index (χ3n) is 9.93. The van der Waals surface area contributed by atoms with Gasteiger partial charge < -0.3 is 14.3 Å². The van der Waals surface area contributed by atoms with Crippen molar-refractivity contribution < 1.29 is 23.8 Å². The molecule has 0 saturated heterocycles. The minimum Gasteiger partial charge on any atom is -0.473 e. The van der Waals surface area contributed by atoms with Crippen LogP contribution in [0.25, 0.3) is 5.76 Å². The summed E-state index contributed by atoms with van der Waals surface area (Å²) in [4.78, 5) is 25.0. The van der Waals surface area contributed by atoms with Gasteiger partial charge in [0.05, 0.1) is 17.2 Å². The third kappa shape index (κ3) is 2.37. The molecular formula is C27H28Cl2O5. The van der Waals surface area contributed by atoms with Crippen LogP contribution in [0.4, 0.5) is 0 Å². The standard InChI is InChI=1S/C27H28Cl2O5/c1-14-11-18-17-7-6-15-12-16(30)8-9-24(15,2)26(17,29)20(31)13-25(18,3)27(14)23(32)21(28)22(34-27)19-5-4-10-33-19/h4-5,8-10,12,14,17-18,20,31H,6-7,11,13H2,1-3H3/t14-,17+,18+,20+,24+,25+,26+,27+/m1/s1. The highest BCUT2D eigenvalue weighted by Crippen LogP contribution is 2.73. The van der Waals surface area contributed by atoms with Crippen LogP contribution < -0.4 is 0 Å². The Balaban J connectivity index is 1.45. The number of hydrogen-bond donors (Lipinski definition) is 1. The molecule has 1 spiro atoms. The summed E-state index contributed by atoms with van der Waals surface area (Å²) in [5.74, 6) is 0.274. The van der Waals surface area contributed by atoms with Gasteiger partial charge in [0.1, 0.15) is 5.03 Å². The molecule has 3 saturated carbocycles. The molecule has 8 atom stereocenters. The van der Waals surface area contributed by atoms with Crippen LogP contribution in [-0.4, -0.2) is 33.3 Å². The Hall–Kier alpha value is -1.82. The number of carbonyl (C=O) groups excluding carboxylic acids is 2. The number of rotatable bonds is 1. The van der Waals surface area contributed by atoms with E-state index < -0.39 is 27.4 Å². The van der Waals surface area contributed by atoms with Crippen molar-refractivity contribution in [1.82, 2.24) is 0 Å². The molecule has 7 heteroatoms. The van der Waals surface area contributed by atoms with E-state index in [1.54, 1.807) is 24.3 Å². The Labute approximate surface area is 208 Å². The molecule has 6 rings (SSSR count). The summed E-state index contributed by atoms with van der Waals surface area (Å²) in [6, 6.07) is 3.46. The van der Waals surface area contributed by atoms with Crippen LogP contribution in [0, 0.1) is 28.6 Å². The summed E-state index contributed by atoms with van der Waals surface area (Å²) < 4.78 is 12.1. The van der Waals surface area contributed by atoms with E-state index in [0.717, 1.165) is 24.8 Å². The first-order valence-electron chi connectivity index (χ1n) is 12.0. The molecule has 1 aliphatic heterocycles. The van der Waals surface area contributed by atoms with Gasteiger partial charge in [-0.3, -0.25) is 9.59 Å². The molecule has 0 aromatic carbocycles. The number of alkyl halides is 1. The van der Waals surface area contributed by atoms with Crippen molar-refractivity contribution >= 4 is 40.5 Å². The summed E-state index contributed by atoms with van der Waals surface area (Å²) in [7, 11) is 0. The second kappa shape index (κ2) is 6.89. The SMILES string of the molecule is C[C@@H]1C[C@H]2[C@@H]3CCC4=CC(=O)C=C[C@]4(C)[C@@]3(Cl)[C@@H](O)C[C@]2(C)[C@]12OC(c1ccco1)=C(Cl)C2=O. The molecule has 0 radical (unpaired) electrons. The van der Waals surface area contributed by atoms with Gasteiger partial charge >= 0.3 is 0 Å². The Bertz CT molecular complexity index is 1200. The van der Waals surface area contributed by atoms with Gasteiger partial charge in [0.2, 0.25) is 5.78 Å². The van der Waals surface area contributed by atoms with Crippen LogP contribution in [0.15, 0.2) is 51.6 Å². The van der Waals surface area contributed by atoms with E-state index >= 15 is 0 Å². The summed E-state index contributed by atoms with van der Waals surface area (Å²) >= 11 is 14.1. The first-order valence-corrected chi connectivity index (χ1v) is 12.7. The summed E-state index contributed by atoms with van der Waals surface area (Å²) in [5, 5.41) is 11.8. The zero-order valence-corrected chi connectivity index (χ0v) is 20.9. The van der Waals surface area contributed by atoms with Crippen molar-refractivity contribution in [2.45, 2.75) is 63.0 Å². The highest BCUT2D eigenvalue weighted by atomic mass is 35.5. The van der Waals surface area contributed by atoms with Crippen LogP contribution in [0.3, 0.4) is 0 Å². The number of aliphatic hydroxyl groups excluding tert-OH is 1. The van der Waals surface area contributed by atoms with Gasteiger partial charge in [-0.25, -0.2) is 0 Å². The fraction of sp³-hybridized carbons (Fsp3) is 0.556. The monoisotopic (exact) mass is 502 g/mol. The van der Waals surface area contributed by atoms with Crippen LogP contribution in [0.2, 0.25) is 0 Å². The number of ketones is 2. The number of hydrogen-bond acceptors (Lipinski definition) is 5. The number of Topliss-reactive ketones (excluding diaryl/α,β-unsaturated/α-hetero) is 1. The summed E-state index contributed by atoms with van der Waals surface area (Å²) in [6.45, 7) is 6.13. The average Bonchev–Trinajstić information content (AvgIpc) is 3.46. The number of aliphatic hydroxyl groups is 1. The first-order chi connectivity index (χ1) is 16.0. The van der Waals surface area contributed by atoms with Crippen LogP contribution in [-0.2, 0) is 14.3 Å². The normalized spacial score (nSPS) is 47.4. The van der Waals surface area contributed by atoms with Crippen LogP contribution in [0.5, 0.6) is 0 Å². The lowest BCUT2D eigenvalue weighted by molar-refractivity contribution is -0.167. The number of halogens is 2. The predicted octanol–water partition coefficient (Wildman–Crippen LogP) is 5.41. The van der Waals surface area contributed by atoms with Gasteiger partial charge in [-0.15, -0.1) is 11.6 Å². The lowest BCUT2D eigenvalue weighted by Gasteiger charge is -2.63. The molecule has 4 aliphatic carbocycles. The van der Waals surface area contributed by atoms with Crippen molar-refractivity contribution in [2.24, 2.45) is 28.6 Å². The molecule has 5 nitrogen and oxygen atoms in total. The Kier molecular flexibility index (Phi) is 4.59. The van der Waals surface area contributed by atoms with E-state index in [-0.39, 0.29) is 40.1 Å². The van der Waals surface area contributed by atoms with E-state index in [1.165, 1.54) is 6.26 Å². The second-order valence-corrected chi connectivity index (χ2v) is 12.2. The van der Waals surface area contributed by atoms with Crippen molar-refractivity contribution in [3.8, 4) is 0 Å². The fourth-order valence-electron chi connectivity index (χ4n) is 8.32. The molecular weight excluding hydrogens is 475 g/mol. The van der Waals surface area contributed by atoms with Crippen molar-refractivity contribution in [3.05, 3.63) is 53.0 Å². The van der Waals surface area contributed by atoms with Gasteiger partial charge in [0.15, 0.2) is 22.9 Å². The zero-order valence-electron chi connectivity index (χ0n) is 19.4. The molecule has 1 N–H and O–H groups in total. The molecule has 0 bridgehead atoms. The fourth-order valence-corrected chi connectivity index (χ4v) is 9.11. The molecule has 3 fully saturated rings. The number of carbonyl (C=O) groups is 2. The third-order valence-corrected chi connectivity index (χ3v) is 11.2. The molecule has 0 unspecified atom stereocenters. The number of furan rings is 1. The lowest BCUT2D eigenvalue weighted by Crippen LogP contribution is -2.68. The molecule has 1 aromatic rings. The van der Waals surface area contributed by atoms with E-state index in [2.05, 4.69) is 6.92 Å². The molecule has 2 heterocycles. The number of fused-ring (bicyclic) bond motifs is 6. The van der Waals surface area contributed by atoms with Gasteiger partial charge in [0.25, 0.3) is 0 Å². The molecule has 180 valence electrons. The van der Waals surface area contributed by atoms with E-state index in [1.807, 2.05) is 19.9 Å². The lowest BCUT2D eigenvalue weighted by atomic mass is 9.45. The quantitative estimate of drug-likeness (QED) is 0.519. The van der Waals surface area contributed by atoms with Gasteiger partial charge in [-0.2, -0.15) is 0 Å². The van der Waals surface area contributed by atoms with Gasteiger partial charge in [-0.1, -0.05) is 44.0 Å². The number of ether oxygens (including phenoxy) is 1. The smallest absolute Gasteiger partial charge is 0.222 e. The molecule has 34 heavy (non-hydrogen) atoms. The largest absolute Gasteiger partial charge is 0.473 e. The highest BCUT2D eigenvalue weighted by Gasteiger charge is 2.77. The van der Waals surface area contributed by atoms with Gasteiger partial charge in [-0.05, 0) is 61.8 Å². The van der Waals surface area contributed by atoms with Crippen molar-refractivity contribution in [1.29, 1.82) is 0 Å². The topological polar surface area (TPSA) is 76.7 Å². The Morgan fingerprint density at radius 1 is 1.21 bits per heavy atom. The molecule has 0 amide bonds. The minimum atomic E-state index is -1.19. The highest BCUT2D eigenvalue weighted by molar-refractivity contribution is 6.47. The minimum absolute atomic E-state index is 0.0362. The summed E-state index contributed by atoms with van der Waals surface area (Å²) in [6.07, 6.45) is 8.27. The maximum Gasteiger partial charge on any atom is 0.222 e. The van der Waals surface area contributed by atoms with E-state index in [4.69, 9.17) is 32.4 Å². The van der Waals surface area contributed by atoms with Crippen LogP contribution >= 0.6 is 23.2 Å². The summed E-state index contributed by atoms with van der Waals surface area (Å²) in [5.41, 5.74) is -1.52. The second-order valence-electron chi connectivity index (χ2n) is 11.2. The van der Waals surface area contributed by atoms with E-state index in [0.29, 0.717) is 12.2 Å². The van der Waals surface area contributed by atoms with Crippen molar-refractivity contribution in [3.63, 3.8) is 0 Å². The Morgan fingerprint density at radius 3 is 2.68 bits per heavy atom. The average molecular weight is 503 g/mol. The molecule has 5 aliphatic rings. The Morgan fingerprint density at radius 2 is 1.97 bits per heavy atom. The first kappa shape index (κ1) is 22.6. The zero-order chi connectivity index (χ0) is 24.3.